The maximum atomic E-state index is 13.1. The van der Waals surface area contributed by atoms with Gasteiger partial charge in [-0.3, -0.25) is 4.79 Å². The molecule has 0 N–H and O–H groups in total. The van der Waals surface area contributed by atoms with Crippen LogP contribution in [0.3, 0.4) is 0 Å². The first kappa shape index (κ1) is 14.8. The van der Waals surface area contributed by atoms with Crippen LogP contribution in [-0.2, 0) is 11.8 Å². The van der Waals surface area contributed by atoms with Crippen molar-refractivity contribution < 1.29 is 13.6 Å². The van der Waals surface area contributed by atoms with Gasteiger partial charge in [0.05, 0.1) is 12.1 Å². The van der Waals surface area contributed by atoms with Crippen LogP contribution >= 0.6 is 11.3 Å². The summed E-state index contributed by atoms with van der Waals surface area (Å²) in [5, 5.41) is 2.57. The van der Waals surface area contributed by atoms with Crippen LogP contribution in [0.25, 0.3) is 0 Å². The molecule has 0 unspecified atom stereocenters. The Kier molecular flexibility index (Phi) is 3.99. The number of rotatable bonds is 3. The van der Waals surface area contributed by atoms with Crippen LogP contribution in [0, 0.1) is 11.6 Å². The molecule has 0 fully saturated rings. The molecule has 0 saturated heterocycles. The fraction of sp³-hybridized carbons (Fsp3) is 0.333. The van der Waals surface area contributed by atoms with Crippen molar-refractivity contribution in [2.24, 2.45) is 0 Å². The summed E-state index contributed by atoms with van der Waals surface area (Å²) in [4.78, 5) is 16.4. The van der Waals surface area contributed by atoms with Crippen LogP contribution in [0.5, 0.6) is 0 Å². The monoisotopic (exact) mass is 295 g/mol. The molecular weight excluding hydrogens is 280 g/mol. The minimum absolute atomic E-state index is 0.0370. The fourth-order valence-corrected chi connectivity index (χ4v) is 2.71. The van der Waals surface area contributed by atoms with Gasteiger partial charge < -0.3 is 0 Å². The molecule has 1 aromatic heterocycles. The summed E-state index contributed by atoms with van der Waals surface area (Å²) in [6.45, 7) is 6.11. The second kappa shape index (κ2) is 5.40. The fourth-order valence-electron chi connectivity index (χ4n) is 1.69. The standard InChI is InChI=1S/C15H15F2NOS/c1-15(2,3)13-8-20-14(18-13)7-12(19)9-4-10(16)6-11(17)5-9/h4-6,8H,7H2,1-3H3. The van der Waals surface area contributed by atoms with Crippen LogP contribution in [0.1, 0.15) is 41.8 Å². The van der Waals surface area contributed by atoms with E-state index in [-0.39, 0.29) is 23.2 Å². The summed E-state index contributed by atoms with van der Waals surface area (Å²) in [7, 11) is 0. The van der Waals surface area contributed by atoms with Gasteiger partial charge in [0.1, 0.15) is 16.6 Å². The van der Waals surface area contributed by atoms with Crippen molar-refractivity contribution in [3.63, 3.8) is 0 Å². The van der Waals surface area contributed by atoms with Crippen LogP contribution in [0.2, 0.25) is 0 Å². The summed E-state index contributed by atoms with van der Waals surface area (Å²) in [5.74, 6) is -1.83. The van der Waals surface area contributed by atoms with Gasteiger partial charge in [-0.1, -0.05) is 20.8 Å². The maximum absolute atomic E-state index is 13.1. The van der Waals surface area contributed by atoms with Gasteiger partial charge in [-0.15, -0.1) is 11.3 Å². The predicted octanol–water partition coefficient (Wildman–Crippen LogP) is 4.14. The number of halogens is 2. The minimum atomic E-state index is -0.747. The number of carbonyl (C=O) groups is 1. The molecule has 20 heavy (non-hydrogen) atoms. The first-order chi connectivity index (χ1) is 9.25. The zero-order valence-corrected chi connectivity index (χ0v) is 12.4. The zero-order valence-electron chi connectivity index (χ0n) is 11.5. The van der Waals surface area contributed by atoms with E-state index in [2.05, 4.69) is 4.98 Å². The topological polar surface area (TPSA) is 30.0 Å². The SMILES string of the molecule is CC(C)(C)c1csc(CC(=O)c2cc(F)cc(F)c2)n1. The van der Waals surface area contributed by atoms with E-state index in [1.165, 1.54) is 11.3 Å². The Morgan fingerprint density at radius 1 is 1.20 bits per heavy atom. The lowest BCUT2D eigenvalue weighted by Gasteiger charge is -2.14. The second-order valence-corrected chi connectivity index (χ2v) is 6.58. The molecule has 106 valence electrons. The van der Waals surface area contributed by atoms with Crippen molar-refractivity contribution in [3.05, 3.63) is 51.5 Å². The number of hydrogen-bond donors (Lipinski definition) is 0. The highest BCUT2D eigenvalue weighted by atomic mass is 32.1. The lowest BCUT2D eigenvalue weighted by Crippen LogP contribution is -2.12. The molecule has 5 heteroatoms. The van der Waals surface area contributed by atoms with Gasteiger partial charge in [0.25, 0.3) is 0 Å². The first-order valence-corrected chi connectivity index (χ1v) is 7.08. The van der Waals surface area contributed by atoms with Crippen molar-refractivity contribution in [1.29, 1.82) is 0 Å². The third-order valence-electron chi connectivity index (χ3n) is 2.82. The van der Waals surface area contributed by atoms with Crippen LogP contribution < -0.4 is 0 Å². The normalized spacial score (nSPS) is 11.7. The van der Waals surface area contributed by atoms with Crippen molar-refractivity contribution in [1.82, 2.24) is 4.98 Å². The van der Waals surface area contributed by atoms with E-state index in [1.807, 2.05) is 26.2 Å². The van der Waals surface area contributed by atoms with Crippen molar-refractivity contribution in [2.75, 3.05) is 0 Å². The third kappa shape index (κ3) is 3.48. The minimum Gasteiger partial charge on any atom is -0.294 e. The number of carbonyl (C=O) groups excluding carboxylic acids is 1. The van der Waals surface area contributed by atoms with Gasteiger partial charge in [0, 0.05) is 22.4 Å². The summed E-state index contributed by atoms with van der Waals surface area (Å²) >= 11 is 1.39. The van der Waals surface area contributed by atoms with E-state index in [4.69, 9.17) is 0 Å². The van der Waals surface area contributed by atoms with E-state index >= 15 is 0 Å². The smallest absolute Gasteiger partial charge is 0.169 e. The van der Waals surface area contributed by atoms with E-state index in [1.54, 1.807) is 0 Å². The van der Waals surface area contributed by atoms with Crippen molar-refractivity contribution in [2.45, 2.75) is 32.6 Å². The largest absolute Gasteiger partial charge is 0.294 e. The lowest BCUT2D eigenvalue weighted by molar-refractivity contribution is 0.0992. The molecule has 0 spiro atoms. The van der Waals surface area contributed by atoms with Crippen LogP contribution in [0.4, 0.5) is 8.78 Å². The van der Waals surface area contributed by atoms with E-state index in [0.29, 0.717) is 5.01 Å². The Bertz CT molecular complexity index is 623. The van der Waals surface area contributed by atoms with Gasteiger partial charge in [-0.25, -0.2) is 13.8 Å². The number of Topliss-reactive ketones (excluding diaryl/α,β-unsaturated/α-hetero) is 1. The number of benzene rings is 1. The number of thiazole rings is 1. The average Bonchev–Trinajstić information content (AvgIpc) is 2.75. The van der Waals surface area contributed by atoms with Gasteiger partial charge in [-0.2, -0.15) is 0 Å². The molecule has 0 aliphatic heterocycles. The van der Waals surface area contributed by atoms with Crippen LogP contribution in [0.15, 0.2) is 23.6 Å². The van der Waals surface area contributed by atoms with E-state index in [0.717, 1.165) is 23.9 Å². The van der Waals surface area contributed by atoms with E-state index < -0.39 is 11.6 Å². The summed E-state index contributed by atoms with van der Waals surface area (Å²) in [6, 6.07) is 2.84. The number of nitrogens with zero attached hydrogens (tertiary/aromatic N) is 1. The summed E-state index contributed by atoms with van der Waals surface area (Å²) < 4.78 is 26.2. The third-order valence-corrected chi connectivity index (χ3v) is 3.67. The van der Waals surface area contributed by atoms with Gasteiger partial charge in [0.2, 0.25) is 0 Å². The Balaban J connectivity index is 2.17. The highest BCUT2D eigenvalue weighted by Crippen LogP contribution is 2.24. The molecule has 2 nitrogen and oxygen atoms in total. The Morgan fingerprint density at radius 2 is 1.80 bits per heavy atom. The second-order valence-electron chi connectivity index (χ2n) is 5.63. The zero-order chi connectivity index (χ0) is 14.9. The molecule has 2 rings (SSSR count). The molecule has 0 atom stereocenters. The molecule has 0 amide bonds. The molecule has 0 aliphatic carbocycles. The van der Waals surface area contributed by atoms with Crippen molar-refractivity contribution in [3.8, 4) is 0 Å². The van der Waals surface area contributed by atoms with Gasteiger partial charge >= 0.3 is 0 Å². The quantitative estimate of drug-likeness (QED) is 0.796. The Labute approximate surface area is 120 Å². The molecular formula is C15H15F2NOS. The van der Waals surface area contributed by atoms with Crippen LogP contribution in [-0.4, -0.2) is 10.8 Å². The summed E-state index contributed by atoms with van der Waals surface area (Å²) in [5.41, 5.74) is 0.869. The predicted molar refractivity (Wildman–Crippen MR) is 75.2 cm³/mol. The number of ketones is 1. The van der Waals surface area contributed by atoms with E-state index in [9.17, 15) is 13.6 Å². The van der Waals surface area contributed by atoms with Gasteiger partial charge in [-0.05, 0) is 12.1 Å². The molecule has 1 heterocycles. The Hall–Kier alpha value is -1.62. The lowest BCUT2D eigenvalue weighted by atomic mass is 9.93. The Morgan fingerprint density at radius 3 is 2.30 bits per heavy atom. The molecule has 2 aromatic rings. The maximum Gasteiger partial charge on any atom is 0.169 e. The molecule has 1 aromatic carbocycles. The van der Waals surface area contributed by atoms with Crippen molar-refractivity contribution >= 4 is 17.1 Å². The molecule has 0 bridgehead atoms. The number of aromatic nitrogens is 1. The summed E-state index contributed by atoms with van der Waals surface area (Å²) in [6.07, 6.45) is 0.0592. The molecule has 0 aliphatic rings. The molecule has 0 saturated carbocycles. The molecule has 0 radical (unpaired) electrons. The average molecular weight is 295 g/mol. The highest BCUT2D eigenvalue weighted by Gasteiger charge is 2.19. The number of hydrogen-bond acceptors (Lipinski definition) is 3. The van der Waals surface area contributed by atoms with Gasteiger partial charge in [0.15, 0.2) is 5.78 Å². The first-order valence-electron chi connectivity index (χ1n) is 6.20. The highest BCUT2D eigenvalue weighted by molar-refractivity contribution is 7.09.